The van der Waals surface area contributed by atoms with Gasteiger partial charge in [0.1, 0.15) is 5.75 Å². The number of hydrogen-bond acceptors (Lipinski definition) is 5. The van der Waals surface area contributed by atoms with Crippen LogP contribution in [0.15, 0.2) is 53.9 Å². The molecule has 2 heterocycles. The molecular formula is C22H27N5O2S. The molecule has 1 amide bonds. The lowest BCUT2D eigenvalue weighted by Crippen LogP contribution is -2.18. The van der Waals surface area contributed by atoms with Crippen molar-refractivity contribution in [3.8, 4) is 5.75 Å². The molecule has 0 spiro atoms. The van der Waals surface area contributed by atoms with E-state index in [1.165, 1.54) is 31.0 Å². The van der Waals surface area contributed by atoms with Gasteiger partial charge in [-0.2, -0.15) is 0 Å². The normalized spacial score (nSPS) is 14.6. The van der Waals surface area contributed by atoms with Crippen molar-refractivity contribution in [1.29, 1.82) is 0 Å². The third kappa shape index (κ3) is 4.87. The fraction of sp³-hybridized carbons (Fsp3) is 0.409. The number of benzene rings is 1. The van der Waals surface area contributed by atoms with E-state index in [2.05, 4.69) is 15.5 Å². The summed E-state index contributed by atoms with van der Waals surface area (Å²) in [5, 5.41) is 12.6. The topological polar surface area (TPSA) is 74.0 Å². The average molecular weight is 426 g/mol. The number of rotatable bonds is 8. The molecule has 30 heavy (non-hydrogen) atoms. The van der Waals surface area contributed by atoms with Crippen LogP contribution in [0.25, 0.3) is 0 Å². The number of nitrogens with one attached hydrogen (secondary N) is 1. The average Bonchev–Trinajstić information content (AvgIpc) is 3.44. The van der Waals surface area contributed by atoms with Crippen molar-refractivity contribution < 1.29 is 9.53 Å². The van der Waals surface area contributed by atoms with Crippen LogP contribution in [-0.2, 0) is 4.79 Å². The Labute approximate surface area is 180 Å². The van der Waals surface area contributed by atoms with Gasteiger partial charge >= 0.3 is 0 Å². The fourth-order valence-electron chi connectivity index (χ4n) is 3.79. The highest BCUT2D eigenvalue weighted by molar-refractivity contribution is 7.99. The molecule has 0 bridgehead atoms. The molecule has 2 aromatic heterocycles. The zero-order chi connectivity index (χ0) is 20.8. The Morgan fingerprint density at radius 3 is 2.57 bits per heavy atom. The summed E-state index contributed by atoms with van der Waals surface area (Å²) in [6.45, 7) is 2.56. The molecule has 0 unspecified atom stereocenters. The smallest absolute Gasteiger partial charge is 0.234 e. The highest BCUT2D eigenvalue weighted by Crippen LogP contribution is 2.33. The van der Waals surface area contributed by atoms with E-state index >= 15 is 0 Å². The Bertz CT molecular complexity index is 947. The number of carbonyl (C=O) groups excluding carboxylic acids is 1. The summed E-state index contributed by atoms with van der Waals surface area (Å²) in [6, 6.07) is 11.4. The van der Waals surface area contributed by atoms with E-state index in [4.69, 9.17) is 4.74 Å². The molecule has 1 aliphatic carbocycles. The van der Waals surface area contributed by atoms with Crippen molar-refractivity contribution in [2.45, 2.75) is 50.1 Å². The van der Waals surface area contributed by atoms with Crippen LogP contribution < -0.4 is 10.1 Å². The third-order valence-corrected chi connectivity index (χ3v) is 6.13. The summed E-state index contributed by atoms with van der Waals surface area (Å²) in [4.78, 5) is 12.5. The Hall–Kier alpha value is -2.74. The molecular weight excluding hydrogens is 398 g/mol. The first kappa shape index (κ1) is 20.5. The fourth-order valence-corrected chi connectivity index (χ4v) is 4.53. The van der Waals surface area contributed by atoms with Crippen LogP contribution in [0.1, 0.15) is 50.8 Å². The predicted octanol–water partition coefficient (Wildman–Crippen LogP) is 4.57. The molecule has 1 N–H and O–H groups in total. The maximum Gasteiger partial charge on any atom is 0.234 e. The largest absolute Gasteiger partial charge is 0.494 e. The van der Waals surface area contributed by atoms with Crippen LogP contribution >= 0.6 is 11.8 Å². The summed E-state index contributed by atoms with van der Waals surface area (Å²) in [6.07, 6.45) is 10.0. The molecule has 1 aromatic carbocycles. The molecule has 0 aliphatic heterocycles. The van der Waals surface area contributed by atoms with E-state index in [9.17, 15) is 4.79 Å². The van der Waals surface area contributed by atoms with E-state index < -0.39 is 0 Å². The summed E-state index contributed by atoms with van der Waals surface area (Å²) >= 11 is 1.40. The van der Waals surface area contributed by atoms with E-state index in [0.29, 0.717) is 12.5 Å². The van der Waals surface area contributed by atoms with Crippen molar-refractivity contribution in [3.63, 3.8) is 0 Å². The zero-order valence-electron chi connectivity index (χ0n) is 17.2. The molecule has 1 saturated carbocycles. The molecule has 0 atom stereocenters. The van der Waals surface area contributed by atoms with Gasteiger partial charge in [0.25, 0.3) is 0 Å². The maximum atomic E-state index is 12.5. The molecule has 1 fully saturated rings. The van der Waals surface area contributed by atoms with Crippen LogP contribution in [0, 0.1) is 0 Å². The second-order valence-electron chi connectivity index (χ2n) is 7.34. The van der Waals surface area contributed by atoms with Gasteiger partial charge in [-0.15, -0.1) is 10.2 Å². The second kappa shape index (κ2) is 9.84. The van der Waals surface area contributed by atoms with Gasteiger partial charge in [-0.1, -0.05) is 31.0 Å². The van der Waals surface area contributed by atoms with Crippen LogP contribution in [0.4, 0.5) is 5.69 Å². The van der Waals surface area contributed by atoms with Crippen LogP contribution in [-0.4, -0.2) is 37.8 Å². The van der Waals surface area contributed by atoms with Gasteiger partial charge in [-0.3, -0.25) is 9.47 Å². The summed E-state index contributed by atoms with van der Waals surface area (Å²) in [7, 11) is 0. The lowest BCUT2D eigenvalue weighted by molar-refractivity contribution is -0.113. The molecule has 4 rings (SSSR count). The number of nitrogens with zero attached hydrogens (tertiary/aromatic N) is 4. The molecule has 1 aliphatic rings. The summed E-state index contributed by atoms with van der Waals surface area (Å²) in [5.74, 6) is 2.38. The number of hydrogen-bond donors (Lipinski definition) is 1. The first-order valence-electron chi connectivity index (χ1n) is 10.5. The number of aromatic nitrogens is 4. The minimum absolute atomic E-state index is 0.0783. The predicted molar refractivity (Wildman–Crippen MR) is 118 cm³/mol. The lowest BCUT2D eigenvalue weighted by atomic mass is 9.89. The number of amides is 1. The summed E-state index contributed by atoms with van der Waals surface area (Å²) in [5.41, 5.74) is 0.749. The van der Waals surface area contributed by atoms with E-state index in [1.54, 1.807) is 0 Å². The SMILES string of the molecule is CCOc1ccc(NC(=O)CSc2nnc(C3CCCCC3)n2-n2cccc2)cc1. The standard InChI is InChI=1S/C22H27N5O2S/c1-2-29-19-12-10-18(11-13-19)23-20(28)16-30-22-25-24-21(17-8-4-3-5-9-17)27(22)26-14-6-7-15-26/h6-7,10-15,17H,2-5,8-9,16H2,1H3,(H,23,28). The Kier molecular flexibility index (Phi) is 6.74. The monoisotopic (exact) mass is 425 g/mol. The molecule has 158 valence electrons. The van der Waals surface area contributed by atoms with Gasteiger partial charge < -0.3 is 10.1 Å². The van der Waals surface area contributed by atoms with Crippen molar-refractivity contribution in [3.05, 3.63) is 54.6 Å². The first-order valence-corrected chi connectivity index (χ1v) is 11.5. The second-order valence-corrected chi connectivity index (χ2v) is 8.29. The quantitative estimate of drug-likeness (QED) is 0.535. The highest BCUT2D eigenvalue weighted by atomic mass is 32.2. The van der Waals surface area contributed by atoms with Crippen LogP contribution in [0.5, 0.6) is 5.75 Å². The Morgan fingerprint density at radius 2 is 1.87 bits per heavy atom. The van der Waals surface area contributed by atoms with Crippen molar-refractivity contribution in [1.82, 2.24) is 19.5 Å². The first-order chi connectivity index (χ1) is 14.7. The molecule has 0 saturated heterocycles. The van der Waals surface area contributed by atoms with Gasteiger partial charge in [-0.05, 0) is 56.2 Å². The highest BCUT2D eigenvalue weighted by Gasteiger charge is 2.24. The number of anilines is 1. The van der Waals surface area contributed by atoms with E-state index in [1.807, 2.05) is 65.1 Å². The van der Waals surface area contributed by atoms with Crippen molar-refractivity contribution in [2.24, 2.45) is 0 Å². The van der Waals surface area contributed by atoms with Gasteiger partial charge in [-0.25, -0.2) is 4.68 Å². The van der Waals surface area contributed by atoms with Gasteiger partial charge in [0.2, 0.25) is 11.1 Å². The number of ether oxygens (including phenoxy) is 1. The minimum atomic E-state index is -0.0783. The molecule has 3 aromatic rings. The van der Waals surface area contributed by atoms with Gasteiger partial charge in [0.05, 0.1) is 12.4 Å². The third-order valence-electron chi connectivity index (χ3n) is 5.21. The molecule has 0 radical (unpaired) electrons. The van der Waals surface area contributed by atoms with E-state index in [0.717, 1.165) is 35.3 Å². The minimum Gasteiger partial charge on any atom is -0.494 e. The molecule has 8 heteroatoms. The van der Waals surface area contributed by atoms with Crippen molar-refractivity contribution >= 4 is 23.4 Å². The number of carbonyl (C=O) groups is 1. The Morgan fingerprint density at radius 1 is 1.13 bits per heavy atom. The number of thioether (sulfide) groups is 1. The zero-order valence-corrected chi connectivity index (χ0v) is 18.0. The lowest BCUT2D eigenvalue weighted by Gasteiger charge is -2.22. The Balaban J connectivity index is 1.43. The maximum absolute atomic E-state index is 12.5. The van der Waals surface area contributed by atoms with Crippen molar-refractivity contribution in [2.75, 3.05) is 17.7 Å². The van der Waals surface area contributed by atoms with Crippen LogP contribution in [0.2, 0.25) is 0 Å². The van der Waals surface area contributed by atoms with Crippen LogP contribution in [0.3, 0.4) is 0 Å². The van der Waals surface area contributed by atoms with Gasteiger partial charge in [0, 0.05) is 24.0 Å². The molecule has 7 nitrogen and oxygen atoms in total. The van der Waals surface area contributed by atoms with Gasteiger partial charge in [0.15, 0.2) is 5.82 Å². The summed E-state index contributed by atoms with van der Waals surface area (Å²) < 4.78 is 9.48. The van der Waals surface area contributed by atoms with E-state index in [-0.39, 0.29) is 11.7 Å².